The molecule has 0 unspecified atom stereocenters. The quantitative estimate of drug-likeness (QED) is 0.379. The first kappa shape index (κ1) is 24.0. The van der Waals surface area contributed by atoms with Gasteiger partial charge in [0.1, 0.15) is 0 Å². The second-order valence-electron chi connectivity index (χ2n) is 9.44. The van der Waals surface area contributed by atoms with E-state index in [-0.39, 0.29) is 11.6 Å². The SMILES string of the molecule is Cc1ccc(-c2noc(CCCN3CCN(C(=O)CCn4c(=O)n(C)c5ccccc54)CC3)n2)cc1. The number of benzene rings is 2. The van der Waals surface area contributed by atoms with Crippen molar-refractivity contribution in [2.75, 3.05) is 32.7 Å². The Bertz CT molecular complexity index is 1390. The zero-order chi connectivity index (χ0) is 25.1. The highest BCUT2D eigenvalue weighted by atomic mass is 16.5. The van der Waals surface area contributed by atoms with E-state index in [4.69, 9.17) is 4.52 Å². The molecule has 0 bridgehead atoms. The van der Waals surface area contributed by atoms with Crippen molar-refractivity contribution in [1.29, 1.82) is 0 Å². The van der Waals surface area contributed by atoms with Crippen molar-refractivity contribution < 1.29 is 9.32 Å². The molecule has 0 radical (unpaired) electrons. The van der Waals surface area contributed by atoms with Gasteiger partial charge in [-0.05, 0) is 32.0 Å². The van der Waals surface area contributed by atoms with Crippen LogP contribution in [-0.2, 0) is 24.8 Å². The predicted molar refractivity (Wildman–Crippen MR) is 138 cm³/mol. The Kier molecular flexibility index (Phi) is 6.99. The molecule has 2 aromatic heterocycles. The number of aryl methyl sites for hydroxylation is 4. The number of hydrogen-bond donors (Lipinski definition) is 0. The Morgan fingerprint density at radius 3 is 2.44 bits per heavy atom. The predicted octanol–water partition coefficient (Wildman–Crippen LogP) is 2.87. The van der Waals surface area contributed by atoms with Gasteiger partial charge in [0.05, 0.1) is 11.0 Å². The molecule has 1 aliphatic heterocycles. The number of nitrogens with zero attached hydrogens (tertiary/aromatic N) is 6. The molecule has 9 nitrogen and oxygen atoms in total. The minimum atomic E-state index is -0.0824. The molecule has 1 fully saturated rings. The van der Waals surface area contributed by atoms with Gasteiger partial charge in [-0.15, -0.1) is 0 Å². The summed E-state index contributed by atoms with van der Waals surface area (Å²) in [6.07, 6.45) is 1.99. The zero-order valence-corrected chi connectivity index (χ0v) is 20.9. The van der Waals surface area contributed by atoms with E-state index in [9.17, 15) is 9.59 Å². The highest BCUT2D eigenvalue weighted by molar-refractivity contribution is 5.78. The maximum Gasteiger partial charge on any atom is 0.328 e. The zero-order valence-electron chi connectivity index (χ0n) is 20.9. The van der Waals surface area contributed by atoms with E-state index in [0.717, 1.165) is 49.1 Å². The van der Waals surface area contributed by atoms with Crippen molar-refractivity contribution in [2.45, 2.75) is 32.7 Å². The largest absolute Gasteiger partial charge is 0.340 e. The van der Waals surface area contributed by atoms with Crippen LogP contribution in [0.4, 0.5) is 0 Å². The van der Waals surface area contributed by atoms with Crippen LogP contribution in [0.5, 0.6) is 0 Å². The van der Waals surface area contributed by atoms with Crippen LogP contribution in [0, 0.1) is 6.92 Å². The molecule has 0 saturated carbocycles. The average Bonchev–Trinajstić information content (AvgIpc) is 3.46. The molecule has 2 aromatic carbocycles. The van der Waals surface area contributed by atoms with Gasteiger partial charge in [0.15, 0.2) is 0 Å². The summed E-state index contributed by atoms with van der Waals surface area (Å²) >= 11 is 0. The fourth-order valence-corrected chi connectivity index (χ4v) is 4.80. The number of piperazine rings is 1. The third-order valence-corrected chi connectivity index (χ3v) is 6.97. The highest BCUT2D eigenvalue weighted by Gasteiger charge is 2.21. The summed E-state index contributed by atoms with van der Waals surface area (Å²) in [6, 6.07) is 15.8. The van der Waals surface area contributed by atoms with Crippen molar-refractivity contribution in [2.24, 2.45) is 7.05 Å². The van der Waals surface area contributed by atoms with Crippen molar-refractivity contribution >= 4 is 16.9 Å². The van der Waals surface area contributed by atoms with E-state index in [1.165, 1.54) is 5.56 Å². The molecule has 1 aliphatic rings. The summed E-state index contributed by atoms with van der Waals surface area (Å²) in [5.41, 5.74) is 3.83. The fourth-order valence-electron chi connectivity index (χ4n) is 4.80. The van der Waals surface area contributed by atoms with Crippen molar-refractivity contribution in [3.05, 3.63) is 70.5 Å². The van der Waals surface area contributed by atoms with Gasteiger partial charge in [0, 0.05) is 58.2 Å². The Hall–Kier alpha value is -3.72. The van der Waals surface area contributed by atoms with Crippen LogP contribution in [0.3, 0.4) is 0 Å². The smallest absolute Gasteiger partial charge is 0.328 e. The van der Waals surface area contributed by atoms with Crippen molar-refractivity contribution in [3.63, 3.8) is 0 Å². The first-order chi connectivity index (χ1) is 17.5. The van der Waals surface area contributed by atoms with Crippen LogP contribution in [0.1, 0.15) is 24.3 Å². The summed E-state index contributed by atoms with van der Waals surface area (Å²) in [5.74, 6) is 1.38. The van der Waals surface area contributed by atoms with E-state index in [0.29, 0.717) is 37.8 Å². The third-order valence-electron chi connectivity index (χ3n) is 6.97. The third kappa shape index (κ3) is 5.11. The molecule has 9 heteroatoms. The van der Waals surface area contributed by atoms with E-state index >= 15 is 0 Å². The number of para-hydroxylation sites is 2. The maximum atomic E-state index is 12.8. The molecular weight excluding hydrogens is 456 g/mol. The number of aromatic nitrogens is 4. The van der Waals surface area contributed by atoms with Crippen LogP contribution < -0.4 is 5.69 Å². The number of rotatable bonds is 8. The Morgan fingerprint density at radius 1 is 0.972 bits per heavy atom. The number of carbonyl (C=O) groups is 1. The molecule has 4 aromatic rings. The normalized spacial score (nSPS) is 14.6. The second kappa shape index (κ2) is 10.5. The fraction of sp³-hybridized carbons (Fsp3) is 0.407. The molecule has 1 saturated heterocycles. The number of hydrogen-bond acceptors (Lipinski definition) is 6. The summed E-state index contributed by atoms with van der Waals surface area (Å²) in [5, 5.41) is 4.11. The standard InChI is InChI=1S/C27H32N6O3/c1-20-9-11-21(12-10-20)26-28-24(36-29-26)8-5-14-31-16-18-32(19-17-31)25(34)13-15-33-23-7-4-3-6-22(23)30(2)27(33)35/h3-4,6-7,9-12H,5,8,13-19H2,1-2H3. The lowest BCUT2D eigenvalue weighted by Crippen LogP contribution is -2.49. The van der Waals surface area contributed by atoms with Crippen LogP contribution >= 0.6 is 0 Å². The van der Waals surface area contributed by atoms with Gasteiger partial charge in [-0.3, -0.25) is 18.8 Å². The first-order valence-corrected chi connectivity index (χ1v) is 12.5. The van der Waals surface area contributed by atoms with Crippen LogP contribution in [0.15, 0.2) is 57.8 Å². The molecule has 188 valence electrons. The lowest BCUT2D eigenvalue weighted by atomic mass is 10.1. The average molecular weight is 489 g/mol. The van der Waals surface area contributed by atoms with Gasteiger partial charge >= 0.3 is 5.69 Å². The summed E-state index contributed by atoms with van der Waals surface area (Å²) < 4.78 is 8.76. The summed E-state index contributed by atoms with van der Waals surface area (Å²) in [4.78, 5) is 34.2. The van der Waals surface area contributed by atoms with Crippen molar-refractivity contribution in [1.82, 2.24) is 29.1 Å². The molecule has 5 rings (SSSR count). The second-order valence-corrected chi connectivity index (χ2v) is 9.44. The van der Waals surface area contributed by atoms with Crippen molar-refractivity contribution in [3.8, 4) is 11.4 Å². The summed E-state index contributed by atoms with van der Waals surface area (Å²) in [7, 11) is 1.77. The van der Waals surface area contributed by atoms with Gasteiger partial charge in [-0.2, -0.15) is 4.98 Å². The van der Waals surface area contributed by atoms with Crippen LogP contribution in [-0.4, -0.2) is 67.7 Å². The Morgan fingerprint density at radius 2 is 1.69 bits per heavy atom. The lowest BCUT2D eigenvalue weighted by molar-refractivity contribution is -0.133. The topological polar surface area (TPSA) is 89.4 Å². The molecular formula is C27H32N6O3. The van der Waals surface area contributed by atoms with Gasteiger partial charge < -0.3 is 9.42 Å². The molecule has 0 spiro atoms. The van der Waals surface area contributed by atoms with Gasteiger partial charge in [0.25, 0.3) is 0 Å². The molecule has 36 heavy (non-hydrogen) atoms. The number of amides is 1. The minimum absolute atomic E-state index is 0.0824. The van der Waals surface area contributed by atoms with E-state index in [1.807, 2.05) is 53.4 Å². The Labute approximate surface area is 209 Å². The number of imidazole rings is 1. The van der Waals surface area contributed by atoms with E-state index in [2.05, 4.69) is 22.0 Å². The first-order valence-electron chi connectivity index (χ1n) is 12.5. The van der Waals surface area contributed by atoms with Crippen LogP contribution in [0.25, 0.3) is 22.4 Å². The van der Waals surface area contributed by atoms with Gasteiger partial charge in [-0.1, -0.05) is 47.1 Å². The van der Waals surface area contributed by atoms with Gasteiger partial charge in [0.2, 0.25) is 17.6 Å². The maximum absolute atomic E-state index is 12.8. The lowest BCUT2D eigenvalue weighted by Gasteiger charge is -2.34. The Balaban J connectivity index is 1.06. The minimum Gasteiger partial charge on any atom is -0.340 e. The molecule has 0 N–H and O–H groups in total. The highest BCUT2D eigenvalue weighted by Crippen LogP contribution is 2.17. The van der Waals surface area contributed by atoms with Crippen LogP contribution in [0.2, 0.25) is 0 Å². The van der Waals surface area contributed by atoms with E-state index in [1.54, 1.807) is 16.2 Å². The molecule has 0 aliphatic carbocycles. The van der Waals surface area contributed by atoms with Gasteiger partial charge in [-0.25, -0.2) is 4.79 Å². The number of fused-ring (bicyclic) bond motifs is 1. The molecule has 0 atom stereocenters. The summed E-state index contributed by atoms with van der Waals surface area (Å²) in [6.45, 7) is 6.49. The molecule has 3 heterocycles. The van der Waals surface area contributed by atoms with E-state index < -0.39 is 0 Å². The monoisotopic (exact) mass is 488 g/mol. The molecule has 1 amide bonds. The number of carbonyl (C=O) groups excluding carboxylic acids is 1.